The molecule has 0 fully saturated rings. The molecule has 3 rings (SSSR count). The highest BCUT2D eigenvalue weighted by Crippen LogP contribution is 2.33. The van der Waals surface area contributed by atoms with Crippen LogP contribution in [0, 0.1) is 0 Å². The Morgan fingerprint density at radius 2 is 1.86 bits per heavy atom. The van der Waals surface area contributed by atoms with E-state index in [9.17, 15) is 0 Å². The van der Waals surface area contributed by atoms with Crippen molar-refractivity contribution in [1.29, 1.82) is 0 Å². The number of nitrogens with zero attached hydrogens (tertiary/aromatic N) is 3. The third-order valence-electron chi connectivity index (χ3n) is 3.24. The highest BCUT2D eigenvalue weighted by molar-refractivity contribution is 5.84. The first-order valence-electron chi connectivity index (χ1n) is 6.60. The van der Waals surface area contributed by atoms with Gasteiger partial charge in [-0.25, -0.2) is 0 Å². The molecule has 0 unspecified atom stereocenters. The number of anilines is 2. The van der Waals surface area contributed by atoms with Crippen molar-refractivity contribution in [2.45, 2.75) is 0 Å². The second kappa shape index (κ2) is 5.28. The van der Waals surface area contributed by atoms with E-state index >= 15 is 0 Å². The van der Waals surface area contributed by atoms with Crippen molar-refractivity contribution in [2.24, 2.45) is 0 Å². The van der Waals surface area contributed by atoms with Gasteiger partial charge in [0.05, 0.1) is 17.4 Å². The molecule has 0 aliphatic carbocycles. The molecule has 2 aromatic carbocycles. The third kappa shape index (κ3) is 2.58. The second-order valence-electron chi connectivity index (χ2n) is 4.94. The van der Waals surface area contributed by atoms with Gasteiger partial charge in [-0.1, -0.05) is 12.1 Å². The van der Waals surface area contributed by atoms with Crippen LogP contribution in [0.1, 0.15) is 0 Å². The van der Waals surface area contributed by atoms with Crippen LogP contribution in [-0.2, 0) is 0 Å². The fourth-order valence-corrected chi connectivity index (χ4v) is 2.07. The van der Waals surface area contributed by atoms with Crippen LogP contribution < -0.4 is 15.4 Å². The molecule has 5 heteroatoms. The van der Waals surface area contributed by atoms with Crippen molar-refractivity contribution in [2.75, 3.05) is 24.7 Å². The zero-order valence-electron chi connectivity index (χ0n) is 11.9. The first-order chi connectivity index (χ1) is 10.1. The molecule has 0 saturated heterocycles. The normalized spacial score (nSPS) is 10.6. The predicted octanol–water partition coefficient (Wildman–Crippen LogP) is 3.07. The fourth-order valence-electron chi connectivity index (χ4n) is 2.07. The van der Waals surface area contributed by atoms with Crippen LogP contribution >= 0.6 is 0 Å². The maximum Gasteiger partial charge on any atom is 0.157 e. The van der Waals surface area contributed by atoms with Gasteiger partial charge < -0.3 is 15.4 Å². The lowest BCUT2D eigenvalue weighted by molar-refractivity contribution is 0.487. The summed E-state index contributed by atoms with van der Waals surface area (Å²) in [7, 11) is 3.94. The number of hydrogen-bond donors (Lipinski definition) is 1. The molecule has 0 amide bonds. The minimum absolute atomic E-state index is 0.585. The molecular formula is C16H16N4O. The van der Waals surface area contributed by atoms with E-state index in [1.807, 2.05) is 61.5 Å². The minimum Gasteiger partial charge on any atom is -0.453 e. The lowest BCUT2D eigenvalue weighted by Gasteiger charge is -2.16. The first kappa shape index (κ1) is 13.2. The number of aromatic nitrogens is 2. The Kier molecular flexibility index (Phi) is 3.31. The zero-order chi connectivity index (χ0) is 14.8. The maximum absolute atomic E-state index is 6.00. The highest BCUT2D eigenvalue weighted by atomic mass is 16.5. The van der Waals surface area contributed by atoms with E-state index < -0.39 is 0 Å². The van der Waals surface area contributed by atoms with Crippen molar-refractivity contribution in [1.82, 2.24) is 10.2 Å². The summed E-state index contributed by atoms with van der Waals surface area (Å²) in [5.41, 5.74) is 8.39. The largest absolute Gasteiger partial charge is 0.453 e. The van der Waals surface area contributed by atoms with Crippen LogP contribution in [0.4, 0.5) is 11.4 Å². The lowest BCUT2D eigenvalue weighted by atomic mass is 10.2. The standard InChI is InChI=1S/C16H16N4O/c1-20(2)11-7-8-13(17)15(9-11)21-16-10-18-19-14-6-4-3-5-12(14)16/h3-10H,17H2,1-2H3. The van der Waals surface area contributed by atoms with E-state index in [2.05, 4.69) is 10.2 Å². The molecule has 0 aliphatic rings. The van der Waals surface area contributed by atoms with Gasteiger partial charge in [0.2, 0.25) is 0 Å². The average Bonchev–Trinajstić information content (AvgIpc) is 2.49. The van der Waals surface area contributed by atoms with E-state index in [0.717, 1.165) is 16.6 Å². The maximum atomic E-state index is 6.00. The van der Waals surface area contributed by atoms with Crippen LogP contribution in [0.15, 0.2) is 48.7 Å². The van der Waals surface area contributed by atoms with Crippen molar-refractivity contribution in [3.63, 3.8) is 0 Å². The van der Waals surface area contributed by atoms with Crippen molar-refractivity contribution in [3.8, 4) is 11.5 Å². The Hall–Kier alpha value is -2.82. The van der Waals surface area contributed by atoms with E-state index in [-0.39, 0.29) is 0 Å². The summed E-state index contributed by atoms with van der Waals surface area (Å²) < 4.78 is 5.96. The number of nitrogens with two attached hydrogens (primary N) is 1. The summed E-state index contributed by atoms with van der Waals surface area (Å²) in [5, 5.41) is 8.96. The molecule has 0 radical (unpaired) electrons. The molecule has 1 heterocycles. The Bertz CT molecular complexity index is 781. The summed E-state index contributed by atoms with van der Waals surface area (Å²) in [6.07, 6.45) is 1.60. The number of ether oxygens (including phenoxy) is 1. The number of hydrogen-bond acceptors (Lipinski definition) is 5. The molecule has 0 spiro atoms. The molecule has 0 atom stereocenters. The zero-order valence-corrected chi connectivity index (χ0v) is 11.9. The summed E-state index contributed by atoms with van der Waals surface area (Å²) in [5.74, 6) is 1.25. The highest BCUT2D eigenvalue weighted by Gasteiger charge is 2.09. The Morgan fingerprint density at radius 3 is 2.67 bits per heavy atom. The van der Waals surface area contributed by atoms with E-state index in [1.54, 1.807) is 6.20 Å². The van der Waals surface area contributed by atoms with Gasteiger partial charge in [-0.05, 0) is 24.3 Å². The van der Waals surface area contributed by atoms with Crippen molar-refractivity contribution < 1.29 is 4.74 Å². The van der Waals surface area contributed by atoms with Crippen LogP contribution in [-0.4, -0.2) is 24.3 Å². The van der Waals surface area contributed by atoms with E-state index in [4.69, 9.17) is 10.5 Å². The fraction of sp³-hybridized carbons (Fsp3) is 0.125. The predicted molar refractivity (Wildman–Crippen MR) is 84.8 cm³/mol. The first-order valence-corrected chi connectivity index (χ1v) is 6.60. The number of benzene rings is 2. The SMILES string of the molecule is CN(C)c1ccc(N)c(Oc2cnnc3ccccc23)c1. The Balaban J connectivity index is 2.04. The molecule has 21 heavy (non-hydrogen) atoms. The third-order valence-corrected chi connectivity index (χ3v) is 3.24. The van der Waals surface area contributed by atoms with Crippen molar-refractivity contribution >= 4 is 22.3 Å². The van der Waals surface area contributed by atoms with Gasteiger partial charge in [-0.15, -0.1) is 0 Å². The molecule has 0 saturated carbocycles. The molecular weight excluding hydrogens is 264 g/mol. The average molecular weight is 280 g/mol. The Morgan fingerprint density at radius 1 is 1.05 bits per heavy atom. The lowest BCUT2D eigenvalue weighted by Crippen LogP contribution is -2.08. The van der Waals surface area contributed by atoms with Crippen LogP contribution in [0.25, 0.3) is 10.9 Å². The molecule has 3 aromatic rings. The summed E-state index contributed by atoms with van der Waals surface area (Å²) >= 11 is 0. The van der Waals surface area contributed by atoms with Gasteiger partial charge in [0.25, 0.3) is 0 Å². The number of rotatable bonds is 3. The quantitative estimate of drug-likeness (QED) is 0.747. The van der Waals surface area contributed by atoms with Gasteiger partial charge in [0.15, 0.2) is 11.5 Å². The van der Waals surface area contributed by atoms with E-state index in [1.165, 1.54) is 0 Å². The summed E-state index contributed by atoms with van der Waals surface area (Å²) in [4.78, 5) is 2.00. The summed E-state index contributed by atoms with van der Waals surface area (Å²) in [6, 6.07) is 13.4. The molecule has 5 nitrogen and oxygen atoms in total. The van der Waals surface area contributed by atoms with E-state index in [0.29, 0.717) is 17.2 Å². The Labute approximate surface area is 123 Å². The molecule has 106 valence electrons. The second-order valence-corrected chi connectivity index (χ2v) is 4.94. The van der Waals surface area contributed by atoms with Gasteiger partial charge in [-0.2, -0.15) is 10.2 Å². The van der Waals surface area contributed by atoms with Crippen molar-refractivity contribution in [3.05, 3.63) is 48.7 Å². The molecule has 0 bridgehead atoms. The topological polar surface area (TPSA) is 64.3 Å². The minimum atomic E-state index is 0.585. The van der Waals surface area contributed by atoms with Gasteiger partial charge >= 0.3 is 0 Å². The molecule has 1 aromatic heterocycles. The molecule has 2 N–H and O–H groups in total. The smallest absolute Gasteiger partial charge is 0.157 e. The summed E-state index contributed by atoms with van der Waals surface area (Å²) in [6.45, 7) is 0. The van der Waals surface area contributed by atoms with Gasteiger partial charge in [0.1, 0.15) is 0 Å². The van der Waals surface area contributed by atoms with Gasteiger partial charge in [-0.3, -0.25) is 0 Å². The van der Waals surface area contributed by atoms with Gasteiger partial charge in [0, 0.05) is 31.2 Å². The molecule has 0 aliphatic heterocycles. The monoisotopic (exact) mass is 280 g/mol. The van der Waals surface area contributed by atoms with Crippen LogP contribution in [0.3, 0.4) is 0 Å². The number of fused-ring (bicyclic) bond motifs is 1. The number of nitrogen functional groups attached to an aromatic ring is 1. The van der Waals surface area contributed by atoms with Crippen LogP contribution in [0.2, 0.25) is 0 Å². The van der Waals surface area contributed by atoms with Crippen LogP contribution in [0.5, 0.6) is 11.5 Å².